The van der Waals surface area contributed by atoms with Gasteiger partial charge in [-0.3, -0.25) is 0 Å². The van der Waals surface area contributed by atoms with Crippen LogP contribution >= 0.6 is 0 Å². The summed E-state index contributed by atoms with van der Waals surface area (Å²) in [6.07, 6.45) is 10.3. The van der Waals surface area contributed by atoms with E-state index >= 15 is 0 Å². The molecule has 1 nitrogen and oxygen atoms in total. The second-order valence-electron chi connectivity index (χ2n) is 4.34. The summed E-state index contributed by atoms with van der Waals surface area (Å²) in [7, 11) is 0. The lowest BCUT2D eigenvalue weighted by atomic mass is 9.82. The van der Waals surface area contributed by atoms with Crippen molar-refractivity contribution in [1.29, 1.82) is 0 Å². The van der Waals surface area contributed by atoms with E-state index < -0.39 is 0 Å². The Morgan fingerprint density at radius 2 is 1.45 bits per heavy atom. The van der Waals surface area contributed by atoms with Gasteiger partial charge in [0.25, 0.3) is 0 Å². The Morgan fingerprint density at radius 3 is 2.18 bits per heavy atom. The van der Waals surface area contributed by atoms with Crippen molar-refractivity contribution >= 4 is 0 Å². The van der Waals surface area contributed by atoms with Gasteiger partial charge in [0.15, 0.2) is 0 Å². The van der Waals surface area contributed by atoms with E-state index in [2.05, 4.69) is 5.32 Å². The highest BCUT2D eigenvalue weighted by molar-refractivity contribution is 4.87. The van der Waals surface area contributed by atoms with Gasteiger partial charge in [0.05, 0.1) is 0 Å². The van der Waals surface area contributed by atoms with Crippen LogP contribution in [0.1, 0.15) is 44.9 Å². The molecule has 1 aliphatic carbocycles. The first-order valence-electron chi connectivity index (χ1n) is 5.12. The summed E-state index contributed by atoms with van der Waals surface area (Å²) in [5.41, 5.74) is 0.747. The highest BCUT2D eigenvalue weighted by Crippen LogP contribution is 2.42. The number of hydrogen-bond donors (Lipinski definition) is 1. The molecule has 2 fully saturated rings. The van der Waals surface area contributed by atoms with Crippen molar-refractivity contribution in [3.05, 3.63) is 0 Å². The standard InChI is InChI=1S/C10H19N/c1-2-6-10(5-1)7-3-4-8-11-9-10/h11H,1-9H2. The topological polar surface area (TPSA) is 12.0 Å². The van der Waals surface area contributed by atoms with Crippen molar-refractivity contribution in [1.82, 2.24) is 5.32 Å². The van der Waals surface area contributed by atoms with Gasteiger partial charge in [-0.2, -0.15) is 0 Å². The van der Waals surface area contributed by atoms with Gasteiger partial charge in [-0.15, -0.1) is 0 Å². The van der Waals surface area contributed by atoms with Crippen LogP contribution in [0.4, 0.5) is 0 Å². The third-order valence-corrected chi connectivity index (χ3v) is 3.47. The van der Waals surface area contributed by atoms with Crippen molar-refractivity contribution in [3.8, 4) is 0 Å². The highest BCUT2D eigenvalue weighted by Gasteiger charge is 2.33. The second-order valence-corrected chi connectivity index (χ2v) is 4.34. The summed E-state index contributed by atoms with van der Waals surface area (Å²) in [5, 5.41) is 3.58. The van der Waals surface area contributed by atoms with Gasteiger partial charge >= 0.3 is 0 Å². The summed E-state index contributed by atoms with van der Waals surface area (Å²) in [6, 6.07) is 0. The minimum absolute atomic E-state index is 0.747. The Bertz CT molecular complexity index is 115. The van der Waals surface area contributed by atoms with Gasteiger partial charge in [0, 0.05) is 6.54 Å². The molecule has 0 unspecified atom stereocenters. The van der Waals surface area contributed by atoms with Crippen LogP contribution in [0.3, 0.4) is 0 Å². The average molecular weight is 153 g/mol. The van der Waals surface area contributed by atoms with E-state index in [1.54, 1.807) is 0 Å². The van der Waals surface area contributed by atoms with Gasteiger partial charge in [-0.1, -0.05) is 19.3 Å². The van der Waals surface area contributed by atoms with Crippen molar-refractivity contribution in [3.63, 3.8) is 0 Å². The van der Waals surface area contributed by atoms with Crippen LogP contribution in [0.5, 0.6) is 0 Å². The number of nitrogens with one attached hydrogen (secondary N) is 1. The van der Waals surface area contributed by atoms with Crippen LogP contribution in [0.15, 0.2) is 0 Å². The first-order chi connectivity index (χ1) is 5.41. The van der Waals surface area contributed by atoms with E-state index in [1.165, 1.54) is 58.0 Å². The zero-order valence-corrected chi connectivity index (χ0v) is 7.36. The van der Waals surface area contributed by atoms with E-state index in [0.29, 0.717) is 0 Å². The quantitative estimate of drug-likeness (QED) is 0.563. The lowest BCUT2D eigenvalue weighted by Gasteiger charge is -2.26. The fourth-order valence-corrected chi connectivity index (χ4v) is 2.74. The molecular formula is C10H19N. The molecule has 1 saturated carbocycles. The third kappa shape index (κ3) is 1.58. The fourth-order valence-electron chi connectivity index (χ4n) is 2.74. The van der Waals surface area contributed by atoms with E-state index in [-0.39, 0.29) is 0 Å². The molecule has 0 aromatic heterocycles. The summed E-state index contributed by atoms with van der Waals surface area (Å²) in [4.78, 5) is 0. The molecule has 0 amide bonds. The van der Waals surface area contributed by atoms with Crippen LogP contribution in [-0.2, 0) is 0 Å². The molecule has 0 radical (unpaired) electrons. The van der Waals surface area contributed by atoms with E-state index in [4.69, 9.17) is 0 Å². The Kier molecular flexibility index (Phi) is 2.17. The largest absolute Gasteiger partial charge is 0.316 e. The number of rotatable bonds is 0. The van der Waals surface area contributed by atoms with E-state index in [0.717, 1.165) is 5.41 Å². The molecule has 0 aromatic rings. The maximum absolute atomic E-state index is 3.58. The molecule has 0 aromatic carbocycles. The smallest absolute Gasteiger partial charge is 0.000780 e. The van der Waals surface area contributed by atoms with Gasteiger partial charge in [-0.05, 0) is 37.6 Å². The number of hydrogen-bond acceptors (Lipinski definition) is 1. The molecule has 1 spiro atoms. The molecule has 1 N–H and O–H groups in total. The van der Waals surface area contributed by atoms with Crippen molar-refractivity contribution < 1.29 is 0 Å². The molecular weight excluding hydrogens is 134 g/mol. The van der Waals surface area contributed by atoms with Crippen molar-refractivity contribution in [2.24, 2.45) is 5.41 Å². The Labute approximate surface area is 69.6 Å². The monoisotopic (exact) mass is 153 g/mol. The first-order valence-corrected chi connectivity index (χ1v) is 5.12. The van der Waals surface area contributed by atoms with Gasteiger partial charge in [-0.25, -0.2) is 0 Å². The van der Waals surface area contributed by atoms with Crippen LogP contribution in [-0.4, -0.2) is 13.1 Å². The highest BCUT2D eigenvalue weighted by atomic mass is 14.9. The normalized spacial score (nSPS) is 30.5. The zero-order valence-electron chi connectivity index (χ0n) is 7.36. The van der Waals surface area contributed by atoms with Gasteiger partial charge in [0.2, 0.25) is 0 Å². The van der Waals surface area contributed by atoms with Crippen LogP contribution in [0, 0.1) is 5.41 Å². The maximum Gasteiger partial charge on any atom is 0.000780 e. The van der Waals surface area contributed by atoms with Crippen LogP contribution < -0.4 is 5.32 Å². The predicted molar refractivity (Wildman–Crippen MR) is 47.6 cm³/mol. The summed E-state index contributed by atoms with van der Waals surface area (Å²) >= 11 is 0. The summed E-state index contributed by atoms with van der Waals surface area (Å²) in [6.45, 7) is 2.58. The first kappa shape index (κ1) is 7.60. The lowest BCUT2D eigenvalue weighted by Crippen LogP contribution is -2.29. The lowest BCUT2D eigenvalue weighted by molar-refractivity contribution is 0.273. The fraction of sp³-hybridized carbons (Fsp3) is 1.00. The SMILES string of the molecule is C1CCC2(CCCC2)CNC1. The molecule has 0 bridgehead atoms. The molecule has 1 heterocycles. The maximum atomic E-state index is 3.58. The van der Waals surface area contributed by atoms with E-state index in [1.807, 2.05) is 0 Å². The molecule has 1 aliphatic heterocycles. The summed E-state index contributed by atoms with van der Waals surface area (Å²) in [5.74, 6) is 0. The predicted octanol–water partition coefficient (Wildman–Crippen LogP) is 2.32. The van der Waals surface area contributed by atoms with Crippen LogP contribution in [0.25, 0.3) is 0 Å². The van der Waals surface area contributed by atoms with E-state index in [9.17, 15) is 0 Å². The van der Waals surface area contributed by atoms with Gasteiger partial charge in [0.1, 0.15) is 0 Å². The Hall–Kier alpha value is -0.0400. The minimum Gasteiger partial charge on any atom is -0.316 e. The van der Waals surface area contributed by atoms with Crippen molar-refractivity contribution in [2.75, 3.05) is 13.1 Å². The summed E-state index contributed by atoms with van der Waals surface area (Å²) < 4.78 is 0. The molecule has 1 saturated heterocycles. The molecule has 0 atom stereocenters. The third-order valence-electron chi connectivity index (χ3n) is 3.47. The second kappa shape index (κ2) is 3.14. The van der Waals surface area contributed by atoms with Crippen LogP contribution in [0.2, 0.25) is 0 Å². The molecule has 2 rings (SSSR count). The zero-order chi connectivity index (χ0) is 7.57. The average Bonchev–Trinajstić information content (AvgIpc) is 2.32. The Balaban J connectivity index is 1.97. The molecule has 2 aliphatic rings. The molecule has 64 valence electrons. The van der Waals surface area contributed by atoms with Crippen molar-refractivity contribution in [2.45, 2.75) is 44.9 Å². The Morgan fingerprint density at radius 1 is 0.818 bits per heavy atom. The van der Waals surface area contributed by atoms with Gasteiger partial charge < -0.3 is 5.32 Å². The molecule has 1 heteroatoms. The molecule has 11 heavy (non-hydrogen) atoms. The minimum atomic E-state index is 0.747.